The fourth-order valence-corrected chi connectivity index (χ4v) is 3.49. The van der Waals surface area contributed by atoms with Gasteiger partial charge in [-0.2, -0.15) is 0 Å². The van der Waals surface area contributed by atoms with Crippen LogP contribution in [0.25, 0.3) is 0 Å². The highest BCUT2D eigenvalue weighted by atomic mass is 127. The topological polar surface area (TPSA) is 77.4 Å². The average Bonchev–Trinajstić information content (AvgIpc) is 2.48. The molecule has 0 aliphatic heterocycles. The zero-order chi connectivity index (χ0) is 15.5. The second kappa shape index (κ2) is 9.71. The number of benzene rings is 2. The Morgan fingerprint density at radius 3 is 1.57 bits per heavy atom. The van der Waals surface area contributed by atoms with E-state index in [0.29, 0.717) is 12.2 Å². The number of aliphatic carboxylic acids is 2. The van der Waals surface area contributed by atoms with Crippen LogP contribution in [-0.4, -0.2) is 17.0 Å². The minimum absolute atomic E-state index is 0.0287. The second-order valence-corrected chi connectivity index (χ2v) is 6.71. The van der Waals surface area contributed by atoms with E-state index in [1.807, 2.05) is 0 Å². The van der Waals surface area contributed by atoms with Crippen LogP contribution in [0.5, 0.6) is 0 Å². The zero-order valence-corrected chi connectivity index (χ0v) is 13.1. The van der Waals surface area contributed by atoms with Crippen LogP contribution < -0.4 is 26.3 Å². The fraction of sp³-hybridized carbons (Fsp3) is 0. The number of rotatable bonds is 4. The summed E-state index contributed by atoms with van der Waals surface area (Å²) in [6.07, 6.45) is 0.942. The second-order valence-electron chi connectivity index (χ2n) is 3.68. The highest BCUT2D eigenvalue weighted by molar-refractivity contribution is 5.88. The lowest BCUT2D eigenvalue weighted by molar-refractivity contribution is -0.597. The Kier molecular flexibility index (Phi) is 7.81. The number of halogens is 1. The van der Waals surface area contributed by atoms with Gasteiger partial charge in [0.2, 0.25) is 0 Å². The molecule has 5 heteroatoms. The molecule has 0 radical (unpaired) electrons. The summed E-state index contributed by atoms with van der Waals surface area (Å²) >= 11 is 0.0287. The molecule has 0 amide bonds. The van der Waals surface area contributed by atoms with Crippen molar-refractivity contribution in [2.75, 3.05) is 0 Å². The third-order valence-corrected chi connectivity index (χ3v) is 4.73. The Morgan fingerprint density at radius 2 is 1.29 bits per heavy atom. The number of carbonyl (C=O) groups excluding carboxylic acids is 1. The van der Waals surface area contributed by atoms with Crippen LogP contribution in [0.3, 0.4) is 0 Å². The van der Waals surface area contributed by atoms with E-state index in [1.165, 1.54) is 7.14 Å². The van der Waals surface area contributed by atoms with Crippen molar-refractivity contribution in [1.29, 1.82) is 0 Å². The number of carboxylic acids is 2. The molecule has 2 aromatic carbocycles. The molecule has 0 aromatic heterocycles. The largest absolute Gasteiger partial charge is 0.545 e. The molecule has 0 aliphatic carbocycles. The standard InChI is InChI=1S/C12H10I.C4H4O4/c1-3-7-11(8-4-1)13-12-9-5-2-6-10-12;5-3(6)1-2-4(7)8/h1-10H;1-2H,(H,5,6)(H,7,8)/q+1;/p-1. The van der Waals surface area contributed by atoms with Crippen molar-refractivity contribution < 1.29 is 41.0 Å². The van der Waals surface area contributed by atoms with E-state index in [1.54, 1.807) is 0 Å². The van der Waals surface area contributed by atoms with Gasteiger partial charge in [-0.1, -0.05) is 36.4 Å². The molecule has 2 aromatic rings. The van der Waals surface area contributed by atoms with Gasteiger partial charge in [0, 0.05) is 6.08 Å². The van der Waals surface area contributed by atoms with Gasteiger partial charge in [0.15, 0.2) is 7.14 Å². The highest BCUT2D eigenvalue weighted by Crippen LogP contribution is 1.85. The lowest BCUT2D eigenvalue weighted by atomic mass is 10.4. The number of carbonyl (C=O) groups is 2. The molecule has 0 saturated heterocycles. The molecule has 21 heavy (non-hydrogen) atoms. The zero-order valence-electron chi connectivity index (χ0n) is 11.0. The third-order valence-electron chi connectivity index (χ3n) is 2.05. The van der Waals surface area contributed by atoms with Crippen LogP contribution in [0.2, 0.25) is 0 Å². The molecule has 0 bridgehead atoms. The van der Waals surface area contributed by atoms with Crippen LogP contribution in [0.4, 0.5) is 0 Å². The van der Waals surface area contributed by atoms with Gasteiger partial charge in [-0.3, -0.25) is 0 Å². The number of carboxylic acid groups (broad SMARTS) is 2. The molecular weight excluding hydrogens is 383 g/mol. The Hall–Kier alpha value is -2.15. The van der Waals surface area contributed by atoms with Crippen molar-refractivity contribution in [2.45, 2.75) is 0 Å². The Labute approximate surface area is 133 Å². The average molecular weight is 396 g/mol. The summed E-state index contributed by atoms with van der Waals surface area (Å²) in [7, 11) is 0. The van der Waals surface area contributed by atoms with E-state index in [0.717, 1.165) is 0 Å². The van der Waals surface area contributed by atoms with E-state index >= 15 is 0 Å². The maximum absolute atomic E-state index is 9.53. The summed E-state index contributed by atoms with van der Waals surface area (Å²) in [6, 6.07) is 21.4. The molecule has 0 spiro atoms. The van der Waals surface area contributed by atoms with E-state index in [-0.39, 0.29) is 21.2 Å². The third kappa shape index (κ3) is 8.59. The van der Waals surface area contributed by atoms with Crippen LogP contribution in [-0.2, 0) is 9.59 Å². The van der Waals surface area contributed by atoms with E-state index in [2.05, 4.69) is 60.7 Å². The first-order valence-electron chi connectivity index (χ1n) is 5.95. The quantitative estimate of drug-likeness (QED) is 0.489. The van der Waals surface area contributed by atoms with Crippen molar-refractivity contribution in [3.8, 4) is 0 Å². The molecule has 0 aliphatic rings. The maximum atomic E-state index is 9.53. The molecule has 0 fully saturated rings. The minimum atomic E-state index is -1.51. The van der Waals surface area contributed by atoms with Gasteiger partial charge in [0.05, 0.1) is 5.97 Å². The van der Waals surface area contributed by atoms with Crippen molar-refractivity contribution in [2.24, 2.45) is 0 Å². The summed E-state index contributed by atoms with van der Waals surface area (Å²) in [5.41, 5.74) is 0. The Morgan fingerprint density at radius 1 is 0.857 bits per heavy atom. The van der Waals surface area contributed by atoms with Gasteiger partial charge in [-0.05, 0) is 30.3 Å². The van der Waals surface area contributed by atoms with Crippen molar-refractivity contribution >= 4 is 11.9 Å². The smallest absolute Gasteiger partial charge is 0.357 e. The van der Waals surface area contributed by atoms with Gasteiger partial charge in [-0.25, -0.2) is 4.79 Å². The van der Waals surface area contributed by atoms with Crippen molar-refractivity contribution in [3.05, 3.63) is 80.0 Å². The van der Waals surface area contributed by atoms with Crippen LogP contribution in [0.1, 0.15) is 0 Å². The molecule has 108 valence electrons. The summed E-state index contributed by atoms with van der Waals surface area (Å²) in [6.45, 7) is 0. The number of hydrogen-bond acceptors (Lipinski definition) is 3. The summed E-state index contributed by atoms with van der Waals surface area (Å²) in [5, 5.41) is 17.2. The fourth-order valence-electron chi connectivity index (χ4n) is 1.22. The van der Waals surface area contributed by atoms with Crippen LogP contribution >= 0.6 is 0 Å². The van der Waals surface area contributed by atoms with Gasteiger partial charge >= 0.3 is 27.2 Å². The molecule has 2 rings (SSSR count). The SMILES string of the molecule is O=C([O-])C=CC(=O)O.c1ccc([I+]c2ccccc2)cc1. The van der Waals surface area contributed by atoms with Crippen LogP contribution in [0.15, 0.2) is 72.8 Å². The predicted octanol–water partition coefficient (Wildman–Crippen LogP) is -1.81. The van der Waals surface area contributed by atoms with Gasteiger partial charge in [-0.15, -0.1) is 0 Å². The molecule has 0 saturated carbocycles. The molecule has 0 heterocycles. The molecule has 0 unspecified atom stereocenters. The summed E-state index contributed by atoms with van der Waals surface area (Å²) in [4.78, 5) is 19.0. The van der Waals surface area contributed by atoms with Crippen molar-refractivity contribution in [3.63, 3.8) is 0 Å². The molecular formula is C16H13IO4. The van der Waals surface area contributed by atoms with Gasteiger partial charge in [0.1, 0.15) is 0 Å². The van der Waals surface area contributed by atoms with E-state index in [4.69, 9.17) is 5.11 Å². The van der Waals surface area contributed by atoms with E-state index < -0.39 is 11.9 Å². The summed E-state index contributed by atoms with van der Waals surface area (Å²) in [5.74, 6) is -2.80. The van der Waals surface area contributed by atoms with E-state index in [9.17, 15) is 14.7 Å². The first kappa shape index (κ1) is 16.9. The first-order chi connectivity index (χ1) is 10.1. The monoisotopic (exact) mass is 396 g/mol. The number of hydrogen-bond donors (Lipinski definition) is 1. The lowest BCUT2D eigenvalue weighted by Crippen LogP contribution is -3.61. The Bertz CT molecular complexity index is 541. The lowest BCUT2D eigenvalue weighted by Gasteiger charge is -1.85. The maximum Gasteiger partial charge on any atom is 0.357 e. The van der Waals surface area contributed by atoms with Gasteiger partial charge < -0.3 is 15.0 Å². The highest BCUT2D eigenvalue weighted by Gasteiger charge is 2.12. The van der Waals surface area contributed by atoms with Crippen molar-refractivity contribution in [1.82, 2.24) is 0 Å². The summed E-state index contributed by atoms with van der Waals surface area (Å²) < 4.78 is 2.96. The molecule has 1 N–H and O–H groups in total. The Balaban J connectivity index is 0.000000240. The van der Waals surface area contributed by atoms with Gasteiger partial charge in [0.25, 0.3) is 0 Å². The minimum Gasteiger partial charge on any atom is -0.545 e. The predicted molar refractivity (Wildman–Crippen MR) is 72.1 cm³/mol. The first-order valence-corrected chi connectivity index (χ1v) is 8.10. The molecule has 4 nitrogen and oxygen atoms in total. The van der Waals surface area contributed by atoms with Crippen LogP contribution in [0, 0.1) is 7.14 Å². The normalized spacial score (nSPS) is 9.71. The molecule has 0 atom stereocenters.